The quantitative estimate of drug-likeness (QED) is 0.514. The van der Waals surface area contributed by atoms with Gasteiger partial charge in [-0.3, -0.25) is 0 Å². The van der Waals surface area contributed by atoms with E-state index in [1.807, 2.05) is 17.1 Å². The van der Waals surface area contributed by atoms with Gasteiger partial charge in [-0.25, -0.2) is 13.2 Å². The van der Waals surface area contributed by atoms with Crippen molar-refractivity contribution in [2.75, 3.05) is 18.0 Å². The average molecular weight is 366 g/mol. The Hall–Kier alpha value is -2.61. The van der Waals surface area contributed by atoms with Crippen molar-refractivity contribution in [3.05, 3.63) is 53.2 Å². The lowest BCUT2D eigenvalue weighted by atomic mass is 10.1. The van der Waals surface area contributed by atoms with Crippen LogP contribution in [0.5, 0.6) is 0 Å². The van der Waals surface area contributed by atoms with Crippen molar-refractivity contribution in [1.29, 1.82) is 0 Å². The van der Waals surface area contributed by atoms with Gasteiger partial charge in [0.15, 0.2) is 0 Å². The van der Waals surface area contributed by atoms with Crippen LogP contribution < -0.4 is 4.90 Å². The molecule has 1 aliphatic heterocycles. The molecule has 4 rings (SSSR count). The second kappa shape index (κ2) is 6.03. The molecule has 1 aromatic carbocycles. The summed E-state index contributed by atoms with van der Waals surface area (Å²) in [6.45, 7) is 1.11. The molecule has 0 bridgehead atoms. The normalized spacial score (nSPS) is 14.5. The largest absolute Gasteiger partial charge is 0.352 e. The highest BCUT2D eigenvalue weighted by Crippen LogP contribution is 2.39. The molecular formula is C16H11ClF3N5. The zero-order chi connectivity index (χ0) is 17.6. The molecule has 9 heteroatoms. The molecule has 128 valence electrons. The minimum absolute atomic E-state index is 0.0185. The van der Waals surface area contributed by atoms with Crippen LogP contribution in [-0.4, -0.2) is 32.7 Å². The summed E-state index contributed by atoms with van der Waals surface area (Å²) < 4.78 is 43.5. The second-order valence-corrected chi connectivity index (χ2v) is 5.88. The molecule has 0 saturated carbocycles. The zero-order valence-corrected chi connectivity index (χ0v) is 13.5. The summed E-state index contributed by atoms with van der Waals surface area (Å²) in [6.07, 6.45) is 5.98. The fourth-order valence-electron chi connectivity index (χ4n) is 2.92. The van der Waals surface area contributed by atoms with Crippen LogP contribution in [0.25, 0.3) is 16.9 Å². The third-order valence-electron chi connectivity index (χ3n) is 3.97. The zero-order valence-electron chi connectivity index (χ0n) is 12.8. The fourth-order valence-corrected chi connectivity index (χ4v) is 3.18. The fraction of sp³-hybridized carbons (Fsp3) is 0.188. The molecule has 1 aliphatic rings. The third kappa shape index (κ3) is 2.62. The lowest BCUT2D eigenvalue weighted by Crippen LogP contribution is -2.30. The number of halogens is 4. The molecule has 5 nitrogen and oxygen atoms in total. The van der Waals surface area contributed by atoms with Crippen LogP contribution in [0.15, 0.2) is 30.6 Å². The van der Waals surface area contributed by atoms with E-state index in [-0.39, 0.29) is 16.5 Å². The van der Waals surface area contributed by atoms with Gasteiger partial charge in [0.25, 0.3) is 5.78 Å². The molecule has 2 aromatic heterocycles. The number of rotatable bonds is 2. The van der Waals surface area contributed by atoms with Crippen LogP contribution in [0.4, 0.5) is 19.0 Å². The Kier molecular flexibility index (Phi) is 3.84. The number of aromatic nitrogens is 4. The predicted molar refractivity (Wildman–Crippen MR) is 87.1 cm³/mol. The van der Waals surface area contributed by atoms with E-state index in [4.69, 9.17) is 11.6 Å². The van der Waals surface area contributed by atoms with Gasteiger partial charge in [0, 0.05) is 25.2 Å². The molecule has 0 spiro atoms. The Morgan fingerprint density at radius 1 is 1.04 bits per heavy atom. The summed E-state index contributed by atoms with van der Waals surface area (Å²) in [5.74, 6) is -2.56. The van der Waals surface area contributed by atoms with E-state index in [0.717, 1.165) is 6.42 Å². The highest BCUT2D eigenvalue weighted by Gasteiger charge is 2.27. The summed E-state index contributed by atoms with van der Waals surface area (Å²) >= 11 is 6.24. The van der Waals surface area contributed by atoms with Gasteiger partial charge < -0.3 is 4.90 Å². The molecule has 0 fully saturated rings. The standard InChI is InChI=1S/C16H11ClF3N5/c17-14-13(12-10(19)6-9(18)7-11(12)20)15(24-4-2-1-3-5-24)25-16(23-14)21-8-22-25/h1-2,6-8H,3-5H2. The maximum absolute atomic E-state index is 14.4. The lowest BCUT2D eigenvalue weighted by molar-refractivity contribution is 0.547. The average Bonchev–Trinajstić information content (AvgIpc) is 3.02. The molecule has 0 unspecified atom stereocenters. The summed E-state index contributed by atoms with van der Waals surface area (Å²) in [5.41, 5.74) is -0.425. The Morgan fingerprint density at radius 2 is 1.80 bits per heavy atom. The number of benzene rings is 1. The van der Waals surface area contributed by atoms with Crippen LogP contribution in [0.3, 0.4) is 0 Å². The van der Waals surface area contributed by atoms with Crippen LogP contribution in [-0.2, 0) is 0 Å². The van der Waals surface area contributed by atoms with E-state index in [1.54, 1.807) is 0 Å². The van der Waals surface area contributed by atoms with Crippen LogP contribution >= 0.6 is 11.6 Å². The first-order valence-electron chi connectivity index (χ1n) is 7.50. The van der Waals surface area contributed by atoms with Crippen LogP contribution in [0.2, 0.25) is 5.15 Å². The Bertz CT molecular complexity index is 978. The first-order chi connectivity index (χ1) is 12.1. The van der Waals surface area contributed by atoms with Crippen molar-refractivity contribution >= 4 is 23.2 Å². The maximum Gasteiger partial charge on any atom is 0.255 e. The monoisotopic (exact) mass is 365 g/mol. The van der Waals surface area contributed by atoms with Gasteiger partial charge in [-0.2, -0.15) is 19.6 Å². The summed E-state index contributed by atoms with van der Waals surface area (Å²) in [7, 11) is 0. The molecule has 0 amide bonds. The minimum atomic E-state index is -1.06. The van der Waals surface area contributed by atoms with Crippen molar-refractivity contribution in [2.24, 2.45) is 0 Å². The molecule has 25 heavy (non-hydrogen) atoms. The van der Waals surface area contributed by atoms with Gasteiger partial charge >= 0.3 is 0 Å². The molecule has 0 atom stereocenters. The highest BCUT2D eigenvalue weighted by atomic mass is 35.5. The topological polar surface area (TPSA) is 46.3 Å². The molecule has 3 aromatic rings. The van der Waals surface area contributed by atoms with Gasteiger partial charge in [-0.1, -0.05) is 23.8 Å². The molecule has 0 aliphatic carbocycles. The van der Waals surface area contributed by atoms with Crippen molar-refractivity contribution in [2.45, 2.75) is 6.42 Å². The first kappa shape index (κ1) is 15.9. The van der Waals surface area contributed by atoms with Gasteiger partial charge in [-0.15, -0.1) is 0 Å². The molecule has 0 radical (unpaired) electrons. The van der Waals surface area contributed by atoms with Crippen molar-refractivity contribution < 1.29 is 13.2 Å². The van der Waals surface area contributed by atoms with E-state index >= 15 is 0 Å². The van der Waals surface area contributed by atoms with Gasteiger partial charge in [-0.05, 0) is 6.42 Å². The number of hydrogen-bond acceptors (Lipinski definition) is 4. The van der Waals surface area contributed by atoms with Crippen molar-refractivity contribution in [3.63, 3.8) is 0 Å². The third-order valence-corrected chi connectivity index (χ3v) is 4.25. The van der Waals surface area contributed by atoms with E-state index in [1.165, 1.54) is 10.8 Å². The smallest absolute Gasteiger partial charge is 0.255 e. The second-order valence-electron chi connectivity index (χ2n) is 5.52. The van der Waals surface area contributed by atoms with E-state index in [9.17, 15) is 13.2 Å². The Balaban J connectivity index is 2.07. The van der Waals surface area contributed by atoms with E-state index < -0.39 is 23.0 Å². The number of fused-ring (bicyclic) bond motifs is 1. The minimum Gasteiger partial charge on any atom is -0.352 e. The van der Waals surface area contributed by atoms with E-state index in [2.05, 4.69) is 15.1 Å². The SMILES string of the molecule is Fc1cc(F)c(-c2c(Cl)nc3ncnn3c2N2CC=CCC2)c(F)c1. The Morgan fingerprint density at radius 3 is 2.48 bits per heavy atom. The van der Waals surface area contributed by atoms with Gasteiger partial charge in [0.1, 0.15) is 34.7 Å². The first-order valence-corrected chi connectivity index (χ1v) is 7.88. The number of hydrogen-bond donors (Lipinski definition) is 0. The van der Waals surface area contributed by atoms with Crippen molar-refractivity contribution in [1.82, 2.24) is 19.6 Å². The maximum atomic E-state index is 14.4. The van der Waals surface area contributed by atoms with Crippen LogP contribution in [0.1, 0.15) is 6.42 Å². The van der Waals surface area contributed by atoms with Crippen molar-refractivity contribution in [3.8, 4) is 11.1 Å². The predicted octanol–water partition coefficient (Wildman–Crippen LogP) is 3.63. The molecule has 0 N–H and O–H groups in total. The molecule has 3 heterocycles. The Labute approximate surface area is 145 Å². The number of nitrogens with zero attached hydrogens (tertiary/aromatic N) is 5. The lowest BCUT2D eigenvalue weighted by Gasteiger charge is -2.28. The summed E-state index contributed by atoms with van der Waals surface area (Å²) in [6, 6.07) is 1.22. The van der Waals surface area contributed by atoms with Gasteiger partial charge in [0.05, 0.1) is 11.1 Å². The highest BCUT2D eigenvalue weighted by molar-refractivity contribution is 6.33. The number of anilines is 1. The summed E-state index contributed by atoms with van der Waals surface area (Å²) in [5, 5.41) is 3.97. The summed E-state index contributed by atoms with van der Waals surface area (Å²) in [4.78, 5) is 9.92. The molecule has 0 saturated heterocycles. The van der Waals surface area contributed by atoms with E-state index in [0.29, 0.717) is 31.0 Å². The van der Waals surface area contributed by atoms with Gasteiger partial charge in [0.2, 0.25) is 0 Å². The van der Waals surface area contributed by atoms with Crippen LogP contribution in [0, 0.1) is 17.5 Å². The molecular weight excluding hydrogens is 355 g/mol.